The largest absolute Gasteiger partial charge is 0.394 e. The van der Waals surface area contributed by atoms with Crippen molar-refractivity contribution in [1.29, 1.82) is 0 Å². The average molecular weight is 161 g/mol. The minimum atomic E-state index is -0.170. The maximum Gasteiger partial charge on any atom is 0.213 e. The van der Waals surface area contributed by atoms with Gasteiger partial charge < -0.3 is 10.7 Å². The van der Waals surface area contributed by atoms with Gasteiger partial charge in [-0.15, -0.1) is 0 Å². The Balaban J connectivity index is 3.01. The first-order chi connectivity index (χ1) is 5.79. The molecule has 0 saturated carbocycles. The fourth-order valence-corrected chi connectivity index (χ4v) is 1.08. The number of hydrogen-bond acceptors (Lipinski definition) is 3. The molecule has 0 aliphatic rings. The number of pyridine rings is 2. The maximum absolute atomic E-state index is 11.3. The van der Waals surface area contributed by atoms with E-state index < -0.39 is 0 Å². The lowest BCUT2D eigenvalue weighted by Gasteiger charge is -1.96. The van der Waals surface area contributed by atoms with E-state index in [4.69, 9.17) is 5.73 Å². The van der Waals surface area contributed by atoms with Crippen molar-refractivity contribution < 1.29 is 0 Å². The number of nitrogen functional groups attached to an aromatic ring is 1. The quantitative estimate of drug-likeness (QED) is 0.591. The van der Waals surface area contributed by atoms with Crippen molar-refractivity contribution in [3.8, 4) is 0 Å². The average Bonchev–Trinajstić information content (AvgIpc) is 2.12. The Morgan fingerprint density at radius 3 is 3.17 bits per heavy atom. The number of nitrogens with one attached hydrogen (secondary N) is 1. The fraction of sp³-hybridized carbons (Fsp3) is 0. The molecule has 4 nitrogen and oxygen atoms in total. The summed E-state index contributed by atoms with van der Waals surface area (Å²) in [5.41, 5.74) is 6.22. The Kier molecular flexibility index (Phi) is 1.33. The second-order valence-corrected chi connectivity index (χ2v) is 2.49. The van der Waals surface area contributed by atoms with Crippen LogP contribution < -0.4 is 11.2 Å². The van der Waals surface area contributed by atoms with E-state index in [1.54, 1.807) is 12.3 Å². The number of anilines is 1. The van der Waals surface area contributed by atoms with Crippen molar-refractivity contribution in [1.82, 2.24) is 9.97 Å². The Morgan fingerprint density at radius 2 is 2.33 bits per heavy atom. The highest BCUT2D eigenvalue weighted by Crippen LogP contribution is 2.04. The predicted octanol–water partition coefficient (Wildman–Crippen LogP) is 0.505. The first-order valence-electron chi connectivity index (χ1n) is 3.50. The van der Waals surface area contributed by atoms with Gasteiger partial charge in [0.05, 0.1) is 16.6 Å². The van der Waals surface area contributed by atoms with Crippen molar-refractivity contribution in [2.45, 2.75) is 0 Å². The molecule has 2 aromatic heterocycles. The fourth-order valence-electron chi connectivity index (χ4n) is 1.08. The zero-order valence-corrected chi connectivity index (χ0v) is 6.24. The molecule has 0 fully saturated rings. The van der Waals surface area contributed by atoms with E-state index in [-0.39, 0.29) is 11.1 Å². The Labute approximate surface area is 68.1 Å². The van der Waals surface area contributed by atoms with Crippen LogP contribution >= 0.6 is 0 Å². The van der Waals surface area contributed by atoms with Crippen LogP contribution in [0.2, 0.25) is 0 Å². The van der Waals surface area contributed by atoms with Crippen LogP contribution in [0.3, 0.4) is 0 Å². The summed E-state index contributed by atoms with van der Waals surface area (Å²) in [6.45, 7) is 0. The molecule has 0 saturated heterocycles. The van der Waals surface area contributed by atoms with Crippen LogP contribution in [-0.4, -0.2) is 9.97 Å². The van der Waals surface area contributed by atoms with Crippen molar-refractivity contribution in [2.24, 2.45) is 0 Å². The molecule has 0 unspecified atom stereocenters. The topological polar surface area (TPSA) is 71.8 Å². The third kappa shape index (κ3) is 0.852. The van der Waals surface area contributed by atoms with E-state index in [2.05, 4.69) is 9.97 Å². The van der Waals surface area contributed by atoms with E-state index >= 15 is 0 Å². The van der Waals surface area contributed by atoms with Crippen LogP contribution in [0.25, 0.3) is 10.9 Å². The molecule has 0 atom stereocenters. The number of rotatable bonds is 0. The number of H-pyrrole nitrogens is 1. The molecular formula is C8H7N3O. The van der Waals surface area contributed by atoms with Gasteiger partial charge >= 0.3 is 0 Å². The third-order valence-electron chi connectivity index (χ3n) is 1.71. The molecule has 2 heterocycles. The lowest BCUT2D eigenvalue weighted by molar-refractivity contribution is 1.31. The molecule has 0 aliphatic heterocycles. The highest BCUT2D eigenvalue weighted by molar-refractivity contribution is 5.79. The zero-order chi connectivity index (χ0) is 8.55. The first kappa shape index (κ1) is 6.84. The van der Waals surface area contributed by atoms with E-state index in [0.29, 0.717) is 5.39 Å². The molecule has 2 aromatic rings. The van der Waals surface area contributed by atoms with Crippen LogP contribution in [0.15, 0.2) is 29.5 Å². The van der Waals surface area contributed by atoms with Gasteiger partial charge in [0, 0.05) is 18.6 Å². The molecule has 12 heavy (non-hydrogen) atoms. The highest BCUT2D eigenvalue weighted by Gasteiger charge is 1.99. The van der Waals surface area contributed by atoms with E-state index in [0.717, 1.165) is 5.52 Å². The van der Waals surface area contributed by atoms with Crippen LogP contribution in [0.1, 0.15) is 0 Å². The van der Waals surface area contributed by atoms with Crippen molar-refractivity contribution in [3.05, 3.63) is 34.9 Å². The van der Waals surface area contributed by atoms with Crippen LogP contribution in [0.4, 0.5) is 5.69 Å². The van der Waals surface area contributed by atoms with Crippen molar-refractivity contribution in [2.75, 3.05) is 5.73 Å². The molecule has 60 valence electrons. The minimum Gasteiger partial charge on any atom is -0.394 e. The summed E-state index contributed by atoms with van der Waals surface area (Å²) < 4.78 is 0. The van der Waals surface area contributed by atoms with Gasteiger partial charge in [-0.1, -0.05) is 0 Å². The molecule has 2 rings (SSSR count). The van der Waals surface area contributed by atoms with Gasteiger partial charge in [-0.05, 0) is 6.07 Å². The van der Waals surface area contributed by atoms with Crippen LogP contribution in [-0.2, 0) is 0 Å². The first-order valence-corrected chi connectivity index (χ1v) is 3.50. The Hall–Kier alpha value is -1.84. The summed E-state index contributed by atoms with van der Waals surface area (Å²) in [6, 6.07) is 1.73. The van der Waals surface area contributed by atoms with Gasteiger partial charge in [-0.25, -0.2) is 0 Å². The molecule has 0 amide bonds. The smallest absolute Gasteiger partial charge is 0.213 e. The number of nitrogens with zero attached hydrogens (tertiary/aromatic N) is 1. The summed E-state index contributed by atoms with van der Waals surface area (Å²) in [5.74, 6) is 0. The van der Waals surface area contributed by atoms with Gasteiger partial charge in [-0.3, -0.25) is 9.78 Å². The second-order valence-electron chi connectivity index (χ2n) is 2.49. The monoisotopic (exact) mass is 161 g/mol. The lowest BCUT2D eigenvalue weighted by Crippen LogP contribution is -2.08. The lowest BCUT2D eigenvalue weighted by atomic mass is 10.2. The summed E-state index contributed by atoms with van der Waals surface area (Å²) in [4.78, 5) is 18.1. The molecule has 0 spiro atoms. The summed E-state index contributed by atoms with van der Waals surface area (Å²) >= 11 is 0. The molecule has 3 N–H and O–H groups in total. The van der Waals surface area contributed by atoms with Gasteiger partial charge in [0.2, 0.25) is 5.43 Å². The number of aromatic amines is 1. The van der Waals surface area contributed by atoms with E-state index in [1.807, 2.05) is 0 Å². The van der Waals surface area contributed by atoms with E-state index in [1.165, 1.54) is 12.4 Å². The highest BCUT2D eigenvalue weighted by atomic mass is 16.1. The van der Waals surface area contributed by atoms with Gasteiger partial charge in [0.15, 0.2) is 0 Å². The van der Waals surface area contributed by atoms with Gasteiger partial charge in [0.1, 0.15) is 0 Å². The molecule has 0 aromatic carbocycles. The van der Waals surface area contributed by atoms with Crippen molar-refractivity contribution in [3.63, 3.8) is 0 Å². The number of hydrogen-bond donors (Lipinski definition) is 2. The van der Waals surface area contributed by atoms with Crippen LogP contribution in [0.5, 0.6) is 0 Å². The summed E-state index contributed by atoms with van der Waals surface area (Å²) in [5, 5.41) is 0.525. The third-order valence-corrected chi connectivity index (χ3v) is 1.71. The molecule has 4 heteroatoms. The van der Waals surface area contributed by atoms with E-state index in [9.17, 15) is 4.79 Å². The van der Waals surface area contributed by atoms with Crippen molar-refractivity contribution >= 4 is 16.6 Å². The van der Waals surface area contributed by atoms with Gasteiger partial charge in [-0.2, -0.15) is 0 Å². The standard InChI is InChI=1S/C8H7N3O/c9-6-4-11-7-1-2-10-3-5(7)8(6)12/h1-4H,9H2,(H,11,12). The second kappa shape index (κ2) is 2.34. The van der Waals surface area contributed by atoms with Crippen LogP contribution in [0, 0.1) is 0 Å². The SMILES string of the molecule is Nc1c[nH]c2ccncc2c1=O. The minimum absolute atomic E-state index is 0.170. The number of fused-ring (bicyclic) bond motifs is 1. The molecule has 0 aliphatic carbocycles. The normalized spacial score (nSPS) is 10.3. The Morgan fingerprint density at radius 1 is 1.50 bits per heavy atom. The maximum atomic E-state index is 11.3. The predicted molar refractivity (Wildman–Crippen MR) is 46.8 cm³/mol. The molecular weight excluding hydrogens is 154 g/mol. The summed E-state index contributed by atoms with van der Waals surface area (Å²) in [7, 11) is 0. The zero-order valence-electron chi connectivity index (χ0n) is 6.24. The number of aromatic nitrogens is 2. The molecule has 0 radical (unpaired) electrons. The Bertz CT molecular complexity index is 475. The molecule has 0 bridgehead atoms. The summed E-state index contributed by atoms with van der Waals surface area (Å²) in [6.07, 6.45) is 4.61. The number of nitrogens with two attached hydrogens (primary N) is 1. The van der Waals surface area contributed by atoms with Gasteiger partial charge in [0.25, 0.3) is 0 Å².